The SMILES string of the molecule is CCn1c(-c2ccc(OC)nc2C)nn2c(C)cc(C(C)C)c2c1=O. The van der Waals surface area contributed by atoms with E-state index in [-0.39, 0.29) is 11.5 Å². The van der Waals surface area contributed by atoms with E-state index in [1.54, 1.807) is 22.3 Å². The van der Waals surface area contributed by atoms with Gasteiger partial charge in [0.15, 0.2) is 5.82 Å². The van der Waals surface area contributed by atoms with Gasteiger partial charge >= 0.3 is 0 Å². The maximum atomic E-state index is 13.2. The largest absolute Gasteiger partial charge is 0.481 e. The zero-order valence-electron chi connectivity index (χ0n) is 15.6. The number of aryl methyl sites for hydroxylation is 2. The first-order valence-electron chi connectivity index (χ1n) is 8.54. The van der Waals surface area contributed by atoms with Crippen LogP contribution in [0.5, 0.6) is 5.88 Å². The van der Waals surface area contributed by atoms with Crippen LogP contribution in [0.2, 0.25) is 0 Å². The van der Waals surface area contributed by atoms with Crippen molar-refractivity contribution in [3.8, 4) is 17.3 Å². The molecule has 0 aliphatic heterocycles. The Morgan fingerprint density at radius 3 is 2.52 bits per heavy atom. The van der Waals surface area contributed by atoms with Crippen molar-refractivity contribution in [2.24, 2.45) is 0 Å². The molecule has 3 rings (SSSR count). The molecule has 0 saturated heterocycles. The monoisotopic (exact) mass is 340 g/mol. The van der Waals surface area contributed by atoms with E-state index in [0.717, 1.165) is 22.5 Å². The van der Waals surface area contributed by atoms with Gasteiger partial charge in [-0.2, -0.15) is 0 Å². The summed E-state index contributed by atoms with van der Waals surface area (Å²) in [6.07, 6.45) is 0. The number of rotatable bonds is 4. The Labute approximate surface area is 147 Å². The van der Waals surface area contributed by atoms with Crippen LogP contribution < -0.4 is 10.3 Å². The van der Waals surface area contributed by atoms with Crippen LogP contribution in [-0.2, 0) is 6.54 Å². The molecule has 0 spiro atoms. The second-order valence-electron chi connectivity index (χ2n) is 6.52. The van der Waals surface area contributed by atoms with Crippen molar-refractivity contribution in [1.29, 1.82) is 0 Å². The van der Waals surface area contributed by atoms with E-state index in [9.17, 15) is 4.79 Å². The van der Waals surface area contributed by atoms with Gasteiger partial charge in [0.1, 0.15) is 5.52 Å². The molecule has 132 valence electrons. The zero-order chi connectivity index (χ0) is 18.3. The molecule has 0 saturated carbocycles. The highest BCUT2D eigenvalue weighted by molar-refractivity contribution is 5.63. The molecule has 0 fully saturated rings. The molecule has 6 heteroatoms. The summed E-state index contributed by atoms with van der Waals surface area (Å²) in [6.45, 7) is 10.6. The van der Waals surface area contributed by atoms with Crippen LogP contribution in [0, 0.1) is 13.8 Å². The number of ether oxygens (including phenoxy) is 1. The minimum absolute atomic E-state index is 0.0143. The molecule has 3 heterocycles. The predicted molar refractivity (Wildman–Crippen MR) is 98.5 cm³/mol. The van der Waals surface area contributed by atoms with Gasteiger partial charge in [-0.25, -0.2) is 9.50 Å². The molecule has 0 aliphatic carbocycles. The lowest BCUT2D eigenvalue weighted by molar-refractivity contribution is 0.397. The quantitative estimate of drug-likeness (QED) is 0.731. The fraction of sp³-hybridized carbons (Fsp3) is 0.421. The second-order valence-corrected chi connectivity index (χ2v) is 6.52. The molecule has 0 bridgehead atoms. The lowest BCUT2D eigenvalue weighted by Gasteiger charge is -2.14. The van der Waals surface area contributed by atoms with Crippen LogP contribution in [0.25, 0.3) is 16.9 Å². The number of methoxy groups -OCH3 is 1. The second kappa shape index (κ2) is 6.35. The summed E-state index contributed by atoms with van der Waals surface area (Å²) < 4.78 is 8.67. The summed E-state index contributed by atoms with van der Waals surface area (Å²) in [5.41, 5.74) is 4.26. The van der Waals surface area contributed by atoms with Gasteiger partial charge in [-0.05, 0) is 44.4 Å². The number of hydrogen-bond donors (Lipinski definition) is 0. The minimum atomic E-state index is -0.0143. The summed E-state index contributed by atoms with van der Waals surface area (Å²) in [5.74, 6) is 1.44. The van der Waals surface area contributed by atoms with E-state index in [0.29, 0.717) is 23.8 Å². The van der Waals surface area contributed by atoms with Crippen molar-refractivity contribution < 1.29 is 4.74 Å². The molecule has 25 heavy (non-hydrogen) atoms. The van der Waals surface area contributed by atoms with Crippen molar-refractivity contribution in [3.05, 3.63) is 45.5 Å². The first-order chi connectivity index (χ1) is 11.9. The molecular formula is C19H24N4O2. The van der Waals surface area contributed by atoms with E-state index in [1.165, 1.54) is 0 Å². The Morgan fingerprint density at radius 2 is 1.96 bits per heavy atom. The highest BCUT2D eigenvalue weighted by Gasteiger charge is 2.20. The van der Waals surface area contributed by atoms with Crippen LogP contribution in [0.4, 0.5) is 0 Å². The van der Waals surface area contributed by atoms with Crippen LogP contribution in [0.3, 0.4) is 0 Å². The summed E-state index contributed by atoms with van der Waals surface area (Å²) in [7, 11) is 1.59. The highest BCUT2D eigenvalue weighted by Crippen LogP contribution is 2.25. The van der Waals surface area contributed by atoms with Crippen LogP contribution in [0.15, 0.2) is 23.0 Å². The van der Waals surface area contributed by atoms with Gasteiger partial charge in [0.2, 0.25) is 5.88 Å². The molecule has 0 amide bonds. The Morgan fingerprint density at radius 1 is 1.24 bits per heavy atom. The van der Waals surface area contributed by atoms with E-state index >= 15 is 0 Å². The molecule has 0 aromatic carbocycles. The molecule has 0 unspecified atom stereocenters. The first kappa shape index (κ1) is 17.2. The molecule has 0 aliphatic rings. The molecule has 3 aromatic rings. The smallest absolute Gasteiger partial charge is 0.278 e. The van der Waals surface area contributed by atoms with Crippen LogP contribution >= 0.6 is 0 Å². The van der Waals surface area contributed by atoms with Crippen LogP contribution in [0.1, 0.15) is 43.6 Å². The van der Waals surface area contributed by atoms with E-state index in [1.807, 2.05) is 26.8 Å². The van der Waals surface area contributed by atoms with Gasteiger partial charge in [-0.15, -0.1) is 5.10 Å². The molecule has 6 nitrogen and oxygen atoms in total. The fourth-order valence-electron chi connectivity index (χ4n) is 3.19. The maximum Gasteiger partial charge on any atom is 0.278 e. The van der Waals surface area contributed by atoms with E-state index < -0.39 is 0 Å². The zero-order valence-corrected chi connectivity index (χ0v) is 15.6. The molecular weight excluding hydrogens is 316 g/mol. The topological polar surface area (TPSA) is 61.4 Å². The van der Waals surface area contributed by atoms with Crippen molar-refractivity contribution in [1.82, 2.24) is 19.2 Å². The fourth-order valence-corrected chi connectivity index (χ4v) is 3.19. The lowest BCUT2D eigenvalue weighted by Crippen LogP contribution is -2.26. The van der Waals surface area contributed by atoms with Crippen LogP contribution in [-0.4, -0.2) is 26.3 Å². The third kappa shape index (κ3) is 2.71. The number of aromatic nitrogens is 4. The number of hydrogen-bond acceptors (Lipinski definition) is 4. The van der Waals surface area contributed by atoms with Crippen molar-refractivity contribution in [2.45, 2.75) is 47.1 Å². The Kier molecular flexibility index (Phi) is 4.37. The number of pyridine rings is 1. The molecule has 0 N–H and O–H groups in total. The van der Waals surface area contributed by atoms with Gasteiger partial charge in [0, 0.05) is 23.9 Å². The Balaban J connectivity index is 2.37. The standard InChI is InChI=1S/C19H24N4O2/c1-7-22-18(14-8-9-16(25-6)20-13(14)5)21-23-12(4)10-15(11(2)3)17(23)19(22)24/h8-11H,7H2,1-6H3. The van der Waals surface area contributed by atoms with Gasteiger partial charge < -0.3 is 4.74 Å². The maximum absolute atomic E-state index is 13.2. The molecule has 0 radical (unpaired) electrons. The molecule has 3 aromatic heterocycles. The van der Waals surface area contributed by atoms with Gasteiger partial charge in [0.05, 0.1) is 12.8 Å². The van der Waals surface area contributed by atoms with Crippen molar-refractivity contribution >= 4 is 5.52 Å². The van der Waals surface area contributed by atoms with E-state index in [4.69, 9.17) is 9.84 Å². The normalized spacial score (nSPS) is 11.5. The Bertz CT molecular complexity index is 999. The average Bonchev–Trinajstić information content (AvgIpc) is 2.92. The summed E-state index contributed by atoms with van der Waals surface area (Å²) in [5, 5.41) is 4.79. The predicted octanol–water partition coefficient (Wildman–Crippen LogP) is 3.33. The molecule has 0 atom stereocenters. The van der Waals surface area contributed by atoms with Gasteiger partial charge in [0.25, 0.3) is 5.56 Å². The van der Waals surface area contributed by atoms with E-state index in [2.05, 4.69) is 24.9 Å². The summed E-state index contributed by atoms with van der Waals surface area (Å²) in [6, 6.07) is 5.75. The summed E-state index contributed by atoms with van der Waals surface area (Å²) >= 11 is 0. The van der Waals surface area contributed by atoms with Gasteiger partial charge in [-0.1, -0.05) is 13.8 Å². The summed E-state index contributed by atoms with van der Waals surface area (Å²) in [4.78, 5) is 17.6. The third-order valence-corrected chi connectivity index (χ3v) is 4.53. The van der Waals surface area contributed by atoms with Gasteiger partial charge in [-0.3, -0.25) is 9.36 Å². The van der Waals surface area contributed by atoms with Crippen molar-refractivity contribution in [2.75, 3.05) is 7.11 Å². The number of fused-ring (bicyclic) bond motifs is 1. The van der Waals surface area contributed by atoms with Crippen molar-refractivity contribution in [3.63, 3.8) is 0 Å². The minimum Gasteiger partial charge on any atom is -0.481 e. The average molecular weight is 340 g/mol. The number of nitrogens with zero attached hydrogens (tertiary/aromatic N) is 4. The first-order valence-corrected chi connectivity index (χ1v) is 8.54. The third-order valence-electron chi connectivity index (χ3n) is 4.53. The highest BCUT2D eigenvalue weighted by atomic mass is 16.5. The lowest BCUT2D eigenvalue weighted by atomic mass is 10.1. The Hall–Kier alpha value is -2.63.